The number of carbonyl (C=O) groups is 1. The average Bonchev–Trinajstić information content (AvgIpc) is 3.47. The molecule has 3 saturated heterocycles. The van der Waals surface area contributed by atoms with Crippen LogP contribution in [-0.2, 0) is 23.7 Å². The fourth-order valence-corrected chi connectivity index (χ4v) is 7.70. The Hall–Kier alpha value is -0.950. The van der Waals surface area contributed by atoms with Crippen LogP contribution in [-0.4, -0.2) is 58.9 Å². The SMILES string of the molecule is CC(C)[C@@]12O[C@@H]1[C@H]1O[C@@]13[C@@]1(O[C@@H]1C[C@@H]1C4=C(CC[C@]13C)C(=O)OC4)[C@H]2O. The minimum atomic E-state index is -0.654. The van der Waals surface area contributed by atoms with Crippen LogP contribution in [0.4, 0.5) is 0 Å². The number of carbonyl (C=O) groups excluding carboxylic acids is 1. The molecule has 0 radical (unpaired) electrons. The second-order valence-electron chi connectivity index (χ2n) is 9.91. The van der Waals surface area contributed by atoms with E-state index in [1.54, 1.807) is 0 Å². The molecule has 2 saturated carbocycles. The molecule has 140 valence electrons. The first-order valence-corrected chi connectivity index (χ1v) is 9.95. The maximum absolute atomic E-state index is 12.1. The lowest BCUT2D eigenvalue weighted by atomic mass is 9.46. The van der Waals surface area contributed by atoms with Crippen molar-refractivity contribution in [1.82, 2.24) is 0 Å². The Morgan fingerprint density at radius 2 is 2.00 bits per heavy atom. The Bertz CT molecular complexity index is 819. The van der Waals surface area contributed by atoms with E-state index in [0.29, 0.717) is 6.61 Å². The standard InChI is InChI=1S/C20H24O6/c1-8(2)18-13(25-18)14-20(26-14)17(3)5-4-9-10(7-23-15(9)21)11(17)6-12-19(20,24-12)16(18)22/h8,11-14,16,22H,4-7H2,1-3H3/t11-,12-,13-,14-,16+,17-,18-,19+,20+/m1/s1. The van der Waals surface area contributed by atoms with Gasteiger partial charge in [-0.25, -0.2) is 4.79 Å². The third-order valence-corrected chi connectivity index (χ3v) is 9.10. The lowest BCUT2D eigenvalue weighted by Gasteiger charge is -2.53. The van der Waals surface area contributed by atoms with Crippen LogP contribution in [0.15, 0.2) is 11.1 Å². The van der Waals surface area contributed by atoms with Gasteiger partial charge in [0.2, 0.25) is 0 Å². The van der Waals surface area contributed by atoms with E-state index < -0.39 is 22.9 Å². The highest BCUT2D eigenvalue weighted by Gasteiger charge is 3.00. The zero-order valence-electron chi connectivity index (χ0n) is 15.3. The van der Waals surface area contributed by atoms with E-state index in [-0.39, 0.29) is 41.5 Å². The number of rotatable bonds is 1. The van der Waals surface area contributed by atoms with Crippen molar-refractivity contribution < 1.29 is 28.8 Å². The first-order chi connectivity index (χ1) is 12.3. The summed E-state index contributed by atoms with van der Waals surface area (Å²) in [5, 5.41) is 11.4. The summed E-state index contributed by atoms with van der Waals surface area (Å²) in [4.78, 5) is 12.1. The third-order valence-electron chi connectivity index (χ3n) is 9.10. The topological polar surface area (TPSA) is 84.1 Å². The molecule has 26 heavy (non-hydrogen) atoms. The van der Waals surface area contributed by atoms with E-state index in [9.17, 15) is 9.90 Å². The number of esters is 1. The summed E-state index contributed by atoms with van der Waals surface area (Å²) in [6, 6.07) is 0. The molecule has 0 unspecified atom stereocenters. The third kappa shape index (κ3) is 1.14. The second-order valence-corrected chi connectivity index (χ2v) is 9.91. The quantitative estimate of drug-likeness (QED) is 0.557. The maximum Gasteiger partial charge on any atom is 0.334 e. The first kappa shape index (κ1) is 15.0. The monoisotopic (exact) mass is 360 g/mol. The molecule has 0 amide bonds. The van der Waals surface area contributed by atoms with E-state index in [0.717, 1.165) is 30.4 Å². The van der Waals surface area contributed by atoms with Crippen LogP contribution in [0.1, 0.15) is 40.0 Å². The maximum atomic E-state index is 12.1. The van der Waals surface area contributed by atoms with Gasteiger partial charge in [-0.2, -0.15) is 0 Å². The zero-order chi connectivity index (χ0) is 17.9. The van der Waals surface area contributed by atoms with Crippen molar-refractivity contribution in [2.24, 2.45) is 17.3 Å². The van der Waals surface area contributed by atoms with Gasteiger partial charge in [0.05, 0.1) is 6.10 Å². The molecule has 0 bridgehead atoms. The van der Waals surface area contributed by atoms with Crippen molar-refractivity contribution in [3.63, 3.8) is 0 Å². The van der Waals surface area contributed by atoms with Crippen LogP contribution in [0.3, 0.4) is 0 Å². The summed E-state index contributed by atoms with van der Waals surface area (Å²) in [7, 11) is 0. The smallest absolute Gasteiger partial charge is 0.334 e. The van der Waals surface area contributed by atoms with Gasteiger partial charge in [0.15, 0.2) is 5.60 Å². The molecule has 2 spiro atoms. The highest BCUT2D eigenvalue weighted by molar-refractivity contribution is 5.92. The predicted octanol–water partition coefficient (Wildman–Crippen LogP) is 1.10. The van der Waals surface area contributed by atoms with Gasteiger partial charge in [0.25, 0.3) is 0 Å². The molecule has 4 aliphatic heterocycles. The number of aliphatic hydroxyl groups excluding tert-OH is 1. The Morgan fingerprint density at radius 1 is 1.19 bits per heavy atom. The Labute approximate surface area is 151 Å². The molecule has 6 heteroatoms. The second kappa shape index (κ2) is 3.79. The minimum absolute atomic E-state index is 0.00808. The molecule has 4 heterocycles. The lowest BCUT2D eigenvalue weighted by Crippen LogP contribution is -2.69. The van der Waals surface area contributed by atoms with Crippen molar-refractivity contribution in [3.05, 3.63) is 11.1 Å². The van der Waals surface area contributed by atoms with Crippen molar-refractivity contribution in [2.75, 3.05) is 6.61 Å². The van der Waals surface area contributed by atoms with Gasteiger partial charge < -0.3 is 24.1 Å². The summed E-state index contributed by atoms with van der Waals surface area (Å²) in [6.07, 6.45) is 1.71. The van der Waals surface area contributed by atoms with E-state index >= 15 is 0 Å². The summed E-state index contributed by atoms with van der Waals surface area (Å²) in [5.74, 6) is 0.297. The van der Waals surface area contributed by atoms with Crippen molar-refractivity contribution in [3.8, 4) is 0 Å². The predicted molar refractivity (Wildman–Crippen MR) is 87.1 cm³/mol. The van der Waals surface area contributed by atoms with Gasteiger partial charge in [0.1, 0.15) is 36.1 Å². The Kier molecular flexibility index (Phi) is 2.19. The summed E-state index contributed by atoms with van der Waals surface area (Å²) < 4.78 is 24.3. The highest BCUT2D eigenvalue weighted by atomic mass is 16.7. The average molecular weight is 360 g/mol. The summed E-state index contributed by atoms with van der Waals surface area (Å²) >= 11 is 0. The van der Waals surface area contributed by atoms with Crippen molar-refractivity contribution >= 4 is 5.97 Å². The number of hydrogen-bond donors (Lipinski definition) is 1. The largest absolute Gasteiger partial charge is 0.458 e. The van der Waals surface area contributed by atoms with E-state index in [1.165, 1.54) is 0 Å². The normalized spacial score (nSPS) is 63.1. The first-order valence-electron chi connectivity index (χ1n) is 9.95. The molecule has 3 aliphatic carbocycles. The van der Waals surface area contributed by atoms with Crippen molar-refractivity contribution in [2.45, 2.75) is 81.3 Å². The van der Waals surface area contributed by atoms with Crippen LogP contribution < -0.4 is 0 Å². The van der Waals surface area contributed by atoms with E-state index in [2.05, 4.69) is 20.8 Å². The molecule has 7 aliphatic rings. The number of epoxide rings is 3. The van der Waals surface area contributed by atoms with Crippen LogP contribution in [0.25, 0.3) is 0 Å². The van der Waals surface area contributed by atoms with Gasteiger partial charge in [-0.3, -0.25) is 0 Å². The zero-order valence-corrected chi connectivity index (χ0v) is 15.3. The van der Waals surface area contributed by atoms with E-state index in [1.807, 2.05) is 0 Å². The number of cyclic esters (lactones) is 1. The lowest BCUT2D eigenvalue weighted by molar-refractivity contribution is -0.136. The summed E-state index contributed by atoms with van der Waals surface area (Å²) in [6.45, 7) is 6.91. The van der Waals surface area contributed by atoms with E-state index in [4.69, 9.17) is 18.9 Å². The van der Waals surface area contributed by atoms with Crippen LogP contribution in [0, 0.1) is 17.3 Å². The molecular weight excluding hydrogens is 336 g/mol. The van der Waals surface area contributed by atoms with Crippen molar-refractivity contribution in [1.29, 1.82) is 0 Å². The molecule has 0 aromatic rings. The fourth-order valence-electron chi connectivity index (χ4n) is 7.70. The molecule has 0 aromatic carbocycles. The molecule has 6 nitrogen and oxygen atoms in total. The van der Waals surface area contributed by atoms with Gasteiger partial charge >= 0.3 is 5.97 Å². The number of hydrogen-bond acceptors (Lipinski definition) is 6. The van der Waals surface area contributed by atoms with Gasteiger partial charge in [-0.05, 0) is 36.7 Å². The number of aliphatic hydroxyl groups is 1. The van der Waals surface area contributed by atoms with Crippen LogP contribution in [0.5, 0.6) is 0 Å². The number of fused-ring (bicyclic) bond motifs is 4. The molecule has 0 aromatic heterocycles. The van der Waals surface area contributed by atoms with Crippen LogP contribution >= 0.6 is 0 Å². The highest BCUT2D eigenvalue weighted by Crippen LogP contribution is 2.82. The molecular formula is C20H24O6. The van der Waals surface area contributed by atoms with Crippen LogP contribution in [0.2, 0.25) is 0 Å². The fraction of sp³-hybridized carbons (Fsp3) is 0.850. The molecule has 9 atom stereocenters. The summed E-state index contributed by atoms with van der Waals surface area (Å²) in [5.41, 5.74) is 0.230. The number of ether oxygens (including phenoxy) is 4. The Morgan fingerprint density at radius 3 is 2.77 bits per heavy atom. The van der Waals surface area contributed by atoms with Gasteiger partial charge in [-0.1, -0.05) is 20.8 Å². The minimum Gasteiger partial charge on any atom is -0.458 e. The molecule has 1 N–H and O–H groups in total. The molecule has 5 fully saturated rings. The molecule has 7 rings (SSSR count). The van der Waals surface area contributed by atoms with Gasteiger partial charge in [-0.15, -0.1) is 0 Å². The Balaban J connectivity index is 1.39. The van der Waals surface area contributed by atoms with Gasteiger partial charge in [0, 0.05) is 11.0 Å².